The normalized spacial score (nSPS) is 12.1. The van der Waals surface area contributed by atoms with Crippen molar-refractivity contribution in [2.45, 2.75) is 31.1 Å². The monoisotopic (exact) mass is 267 g/mol. The minimum atomic E-state index is -3.39. The van der Waals surface area contributed by atoms with Crippen LogP contribution in [-0.2, 0) is 16.4 Å². The van der Waals surface area contributed by atoms with E-state index in [4.69, 9.17) is 4.42 Å². The largest absolute Gasteiger partial charge is 0.461 e. The summed E-state index contributed by atoms with van der Waals surface area (Å²) in [6.07, 6.45) is 3.07. The highest BCUT2D eigenvalue weighted by molar-refractivity contribution is 7.89. The molecule has 98 valence electrons. The molecule has 1 aromatic heterocycles. The molecular formula is C13H17NO3S. The molecule has 1 aromatic carbocycles. The van der Waals surface area contributed by atoms with E-state index in [1.165, 1.54) is 7.05 Å². The number of aryl methyl sites for hydroxylation is 1. The predicted molar refractivity (Wildman–Crippen MR) is 71.1 cm³/mol. The fraction of sp³-hybridized carbons (Fsp3) is 0.385. The van der Waals surface area contributed by atoms with Gasteiger partial charge in [0.15, 0.2) is 0 Å². The first-order valence-corrected chi connectivity index (χ1v) is 7.51. The fourth-order valence-electron chi connectivity index (χ4n) is 1.84. The van der Waals surface area contributed by atoms with Crippen molar-refractivity contribution in [3.63, 3.8) is 0 Å². The third-order valence-corrected chi connectivity index (χ3v) is 4.31. The van der Waals surface area contributed by atoms with Crippen molar-refractivity contribution in [1.29, 1.82) is 0 Å². The molecule has 0 radical (unpaired) electrons. The fourth-order valence-corrected chi connectivity index (χ4v) is 2.60. The van der Waals surface area contributed by atoms with Crippen LogP contribution in [0.1, 0.15) is 25.5 Å². The minimum Gasteiger partial charge on any atom is -0.461 e. The van der Waals surface area contributed by atoms with Crippen LogP contribution in [0.15, 0.2) is 33.6 Å². The highest BCUT2D eigenvalue weighted by Gasteiger charge is 2.13. The van der Waals surface area contributed by atoms with Crippen molar-refractivity contribution < 1.29 is 12.8 Å². The van der Waals surface area contributed by atoms with Crippen molar-refractivity contribution in [3.8, 4) is 0 Å². The van der Waals surface area contributed by atoms with Gasteiger partial charge in [-0.2, -0.15) is 0 Å². The van der Waals surface area contributed by atoms with E-state index < -0.39 is 10.0 Å². The smallest absolute Gasteiger partial charge is 0.240 e. The van der Waals surface area contributed by atoms with Gasteiger partial charge in [0.25, 0.3) is 0 Å². The summed E-state index contributed by atoms with van der Waals surface area (Å²) in [6, 6.07) is 6.82. The minimum absolute atomic E-state index is 0.264. The van der Waals surface area contributed by atoms with Gasteiger partial charge in [0.1, 0.15) is 11.3 Å². The summed E-state index contributed by atoms with van der Waals surface area (Å²) < 4.78 is 31.3. The zero-order chi connectivity index (χ0) is 13.2. The Morgan fingerprint density at radius 1 is 1.28 bits per heavy atom. The predicted octanol–water partition coefficient (Wildman–Crippen LogP) is 2.68. The van der Waals surface area contributed by atoms with Crippen molar-refractivity contribution in [3.05, 3.63) is 30.0 Å². The number of fused-ring (bicyclic) bond motifs is 1. The van der Waals surface area contributed by atoms with E-state index in [0.717, 1.165) is 36.0 Å². The van der Waals surface area contributed by atoms with Gasteiger partial charge in [-0.25, -0.2) is 13.1 Å². The SMILES string of the molecule is CCCCc1cc2cc(S(=O)(=O)NC)ccc2o1. The highest BCUT2D eigenvalue weighted by atomic mass is 32.2. The number of furan rings is 1. The second-order valence-electron chi connectivity index (χ2n) is 4.22. The second-order valence-corrected chi connectivity index (χ2v) is 6.11. The van der Waals surface area contributed by atoms with Crippen molar-refractivity contribution in [2.75, 3.05) is 7.05 Å². The van der Waals surface area contributed by atoms with E-state index in [1.807, 2.05) is 6.07 Å². The summed E-state index contributed by atoms with van der Waals surface area (Å²) in [7, 11) is -1.98. The van der Waals surface area contributed by atoms with Gasteiger partial charge in [-0.05, 0) is 37.7 Å². The quantitative estimate of drug-likeness (QED) is 0.906. The average molecular weight is 267 g/mol. The van der Waals surface area contributed by atoms with Crippen LogP contribution >= 0.6 is 0 Å². The van der Waals surface area contributed by atoms with Gasteiger partial charge in [-0.15, -0.1) is 0 Å². The summed E-state index contributed by atoms with van der Waals surface area (Å²) in [5, 5.41) is 0.831. The lowest BCUT2D eigenvalue weighted by molar-refractivity contribution is 0.536. The van der Waals surface area contributed by atoms with E-state index in [2.05, 4.69) is 11.6 Å². The summed E-state index contributed by atoms with van der Waals surface area (Å²) in [5.74, 6) is 0.908. The lowest BCUT2D eigenvalue weighted by Gasteiger charge is -2.01. The molecule has 0 bridgehead atoms. The van der Waals surface area contributed by atoms with Gasteiger partial charge in [0.2, 0.25) is 10.0 Å². The van der Waals surface area contributed by atoms with E-state index in [9.17, 15) is 8.42 Å². The zero-order valence-corrected chi connectivity index (χ0v) is 11.4. The third kappa shape index (κ3) is 2.57. The van der Waals surface area contributed by atoms with Gasteiger partial charge in [0.05, 0.1) is 4.90 Å². The molecule has 1 N–H and O–H groups in total. The van der Waals surface area contributed by atoms with Gasteiger partial charge in [-0.1, -0.05) is 13.3 Å². The first-order chi connectivity index (χ1) is 8.56. The number of sulfonamides is 1. The van der Waals surface area contributed by atoms with E-state index in [0.29, 0.717) is 0 Å². The van der Waals surface area contributed by atoms with Crippen molar-refractivity contribution in [2.24, 2.45) is 0 Å². The van der Waals surface area contributed by atoms with Crippen LogP contribution in [0.3, 0.4) is 0 Å². The molecule has 0 aliphatic carbocycles. The maximum atomic E-state index is 11.7. The van der Waals surface area contributed by atoms with Gasteiger partial charge < -0.3 is 4.42 Å². The second kappa shape index (κ2) is 5.12. The van der Waals surface area contributed by atoms with Crippen molar-refractivity contribution in [1.82, 2.24) is 4.72 Å². The number of unbranched alkanes of at least 4 members (excludes halogenated alkanes) is 1. The highest BCUT2D eigenvalue weighted by Crippen LogP contribution is 2.23. The summed E-state index contributed by atoms with van der Waals surface area (Å²) in [5.41, 5.74) is 0.733. The topological polar surface area (TPSA) is 59.3 Å². The third-order valence-electron chi connectivity index (χ3n) is 2.89. The Hall–Kier alpha value is -1.33. The van der Waals surface area contributed by atoms with Gasteiger partial charge >= 0.3 is 0 Å². The Labute approximate surface area is 107 Å². The maximum absolute atomic E-state index is 11.7. The van der Waals surface area contributed by atoms with Crippen LogP contribution in [0.4, 0.5) is 0 Å². The van der Waals surface area contributed by atoms with E-state index in [-0.39, 0.29) is 4.90 Å². The maximum Gasteiger partial charge on any atom is 0.240 e. The number of nitrogens with one attached hydrogen (secondary N) is 1. The van der Waals surface area contributed by atoms with Crippen LogP contribution in [0.2, 0.25) is 0 Å². The lowest BCUT2D eigenvalue weighted by atomic mass is 10.2. The Kier molecular flexibility index (Phi) is 3.73. The molecule has 1 heterocycles. The van der Waals surface area contributed by atoms with Gasteiger partial charge in [-0.3, -0.25) is 0 Å². The van der Waals surface area contributed by atoms with Crippen LogP contribution < -0.4 is 4.72 Å². The summed E-state index contributed by atoms with van der Waals surface area (Å²) in [6.45, 7) is 2.13. The molecule has 0 aliphatic heterocycles. The molecule has 5 heteroatoms. The van der Waals surface area contributed by atoms with E-state index >= 15 is 0 Å². The molecule has 2 rings (SSSR count). The molecule has 0 saturated carbocycles. The molecule has 0 saturated heterocycles. The number of hydrogen-bond donors (Lipinski definition) is 1. The first-order valence-electron chi connectivity index (χ1n) is 6.03. The number of benzene rings is 1. The Morgan fingerprint density at radius 3 is 2.72 bits per heavy atom. The molecule has 0 amide bonds. The van der Waals surface area contributed by atoms with E-state index in [1.54, 1.807) is 18.2 Å². The molecule has 0 unspecified atom stereocenters. The summed E-state index contributed by atoms with van der Waals surface area (Å²) >= 11 is 0. The molecule has 4 nitrogen and oxygen atoms in total. The van der Waals surface area contributed by atoms with Crippen LogP contribution in [0.5, 0.6) is 0 Å². The number of rotatable bonds is 5. The Morgan fingerprint density at radius 2 is 2.06 bits per heavy atom. The zero-order valence-electron chi connectivity index (χ0n) is 10.6. The van der Waals surface area contributed by atoms with Crippen LogP contribution in [0, 0.1) is 0 Å². The number of hydrogen-bond acceptors (Lipinski definition) is 3. The first kappa shape index (κ1) is 13.1. The molecule has 0 fully saturated rings. The lowest BCUT2D eigenvalue weighted by Crippen LogP contribution is -2.18. The van der Waals surface area contributed by atoms with Gasteiger partial charge in [0, 0.05) is 11.8 Å². The molecule has 0 aliphatic rings. The standard InChI is InChI=1S/C13H17NO3S/c1-3-4-5-11-8-10-9-12(18(15,16)14-2)6-7-13(10)17-11/h6-9,14H,3-5H2,1-2H3. The molecule has 0 atom stereocenters. The summed E-state index contributed by atoms with van der Waals surface area (Å²) in [4.78, 5) is 0.264. The molecule has 18 heavy (non-hydrogen) atoms. The molecular weight excluding hydrogens is 250 g/mol. The van der Waals surface area contributed by atoms with Crippen LogP contribution in [0.25, 0.3) is 11.0 Å². The van der Waals surface area contributed by atoms with Crippen LogP contribution in [-0.4, -0.2) is 15.5 Å². The Bertz CT molecular complexity index is 643. The van der Waals surface area contributed by atoms with Crippen molar-refractivity contribution >= 4 is 21.0 Å². The average Bonchev–Trinajstić information content (AvgIpc) is 2.77. The molecule has 2 aromatic rings. The Balaban J connectivity index is 2.40. The molecule has 0 spiro atoms.